The fraction of sp³-hybridized carbons (Fsp3) is 0.364. The molecule has 27 heavy (non-hydrogen) atoms. The minimum absolute atomic E-state index is 0.0523. The van der Waals surface area contributed by atoms with Gasteiger partial charge in [0.1, 0.15) is 18.1 Å². The summed E-state index contributed by atoms with van der Waals surface area (Å²) in [5.41, 5.74) is 2.73. The molecule has 1 aliphatic rings. The lowest BCUT2D eigenvalue weighted by molar-refractivity contribution is -0.116. The van der Waals surface area contributed by atoms with Gasteiger partial charge in [-0.1, -0.05) is 37.5 Å². The molecule has 1 fully saturated rings. The molecule has 2 aromatic carbocycles. The van der Waals surface area contributed by atoms with Gasteiger partial charge in [0.15, 0.2) is 0 Å². The lowest BCUT2D eigenvalue weighted by Crippen LogP contribution is -2.21. The van der Waals surface area contributed by atoms with Gasteiger partial charge in [-0.25, -0.2) is 4.98 Å². The van der Waals surface area contributed by atoms with Gasteiger partial charge in [-0.05, 0) is 37.1 Å². The van der Waals surface area contributed by atoms with E-state index in [2.05, 4.69) is 9.88 Å². The summed E-state index contributed by atoms with van der Waals surface area (Å²) in [6.07, 6.45) is 6.09. The Kier molecular flexibility index (Phi) is 5.10. The maximum atomic E-state index is 12.8. The lowest BCUT2D eigenvalue weighted by Gasteiger charge is -2.22. The Morgan fingerprint density at radius 1 is 1.15 bits per heavy atom. The van der Waals surface area contributed by atoms with Crippen LogP contribution < -0.4 is 10.1 Å². The van der Waals surface area contributed by atoms with Gasteiger partial charge in [0.05, 0.1) is 18.1 Å². The molecule has 0 atom stereocenters. The molecule has 1 heterocycles. The minimum Gasteiger partial charge on any atom is -0.497 e. The summed E-state index contributed by atoms with van der Waals surface area (Å²) in [4.78, 5) is 17.6. The zero-order valence-corrected chi connectivity index (χ0v) is 15.6. The van der Waals surface area contributed by atoms with Crippen molar-refractivity contribution in [3.05, 3.63) is 54.4 Å². The topological polar surface area (TPSA) is 56.1 Å². The number of rotatable bonds is 5. The maximum Gasteiger partial charge on any atom is 0.244 e. The second kappa shape index (κ2) is 7.82. The van der Waals surface area contributed by atoms with Crippen molar-refractivity contribution in [3.63, 3.8) is 0 Å². The molecule has 0 spiro atoms. The zero-order valence-electron chi connectivity index (χ0n) is 15.6. The van der Waals surface area contributed by atoms with E-state index in [1.54, 1.807) is 7.11 Å². The molecule has 0 bridgehead atoms. The molecule has 1 amide bonds. The lowest BCUT2D eigenvalue weighted by atomic mass is 9.88. The van der Waals surface area contributed by atoms with Crippen LogP contribution >= 0.6 is 0 Å². The van der Waals surface area contributed by atoms with E-state index in [-0.39, 0.29) is 12.5 Å². The van der Waals surface area contributed by atoms with Gasteiger partial charge < -0.3 is 14.6 Å². The summed E-state index contributed by atoms with van der Waals surface area (Å²) in [6.45, 7) is 0.267. The van der Waals surface area contributed by atoms with Gasteiger partial charge in [-0.15, -0.1) is 0 Å². The summed E-state index contributed by atoms with van der Waals surface area (Å²) in [7, 11) is 1.62. The van der Waals surface area contributed by atoms with Crippen molar-refractivity contribution in [1.29, 1.82) is 0 Å². The van der Waals surface area contributed by atoms with Crippen molar-refractivity contribution >= 4 is 22.6 Å². The number of hydrogen-bond donors (Lipinski definition) is 1. The van der Waals surface area contributed by atoms with Crippen LogP contribution in [0, 0.1) is 0 Å². The number of benzene rings is 2. The van der Waals surface area contributed by atoms with Crippen LogP contribution in [0.25, 0.3) is 11.0 Å². The van der Waals surface area contributed by atoms with Crippen LogP contribution in [-0.4, -0.2) is 22.6 Å². The third-order valence-electron chi connectivity index (χ3n) is 5.31. The first-order valence-electron chi connectivity index (χ1n) is 9.63. The van der Waals surface area contributed by atoms with E-state index >= 15 is 0 Å². The van der Waals surface area contributed by atoms with Gasteiger partial charge >= 0.3 is 0 Å². The number of imidazole rings is 1. The van der Waals surface area contributed by atoms with E-state index in [4.69, 9.17) is 9.72 Å². The smallest absolute Gasteiger partial charge is 0.244 e. The zero-order chi connectivity index (χ0) is 18.6. The number of amides is 1. The van der Waals surface area contributed by atoms with E-state index in [0.717, 1.165) is 41.1 Å². The fourth-order valence-electron chi connectivity index (χ4n) is 3.98. The molecule has 0 radical (unpaired) electrons. The Labute approximate surface area is 159 Å². The van der Waals surface area contributed by atoms with E-state index in [0.29, 0.717) is 5.92 Å². The summed E-state index contributed by atoms with van der Waals surface area (Å²) in [6, 6.07) is 15.5. The summed E-state index contributed by atoms with van der Waals surface area (Å²) in [5, 5.41) is 2.98. The number of aromatic nitrogens is 2. The number of anilines is 1. The van der Waals surface area contributed by atoms with Crippen molar-refractivity contribution < 1.29 is 9.53 Å². The number of fused-ring (bicyclic) bond motifs is 1. The molecule has 1 saturated carbocycles. The second-order valence-corrected chi connectivity index (χ2v) is 7.16. The monoisotopic (exact) mass is 363 g/mol. The van der Waals surface area contributed by atoms with Crippen molar-refractivity contribution in [2.75, 3.05) is 12.4 Å². The number of para-hydroxylation sites is 2. The second-order valence-electron chi connectivity index (χ2n) is 7.16. The highest BCUT2D eigenvalue weighted by Crippen LogP contribution is 2.34. The highest BCUT2D eigenvalue weighted by Gasteiger charge is 2.23. The average molecular weight is 363 g/mol. The maximum absolute atomic E-state index is 12.8. The highest BCUT2D eigenvalue weighted by atomic mass is 16.5. The van der Waals surface area contributed by atoms with Crippen LogP contribution in [0.15, 0.2) is 48.5 Å². The molecule has 140 valence electrons. The van der Waals surface area contributed by atoms with Crippen molar-refractivity contribution in [1.82, 2.24) is 9.55 Å². The van der Waals surface area contributed by atoms with Crippen LogP contribution in [0.2, 0.25) is 0 Å². The number of hydrogen-bond acceptors (Lipinski definition) is 3. The standard InChI is InChI=1S/C22H25N3O2/c1-27-18-11-7-10-17(14-18)23-21(26)15-25-20-13-6-5-12-19(20)24-22(25)16-8-3-2-4-9-16/h5-7,10-14,16H,2-4,8-9,15H2,1H3,(H,23,26). The van der Waals surface area contributed by atoms with E-state index < -0.39 is 0 Å². The molecule has 1 aliphatic carbocycles. The molecule has 1 N–H and O–H groups in total. The molecule has 1 aromatic heterocycles. The van der Waals surface area contributed by atoms with Gasteiger partial charge in [0.25, 0.3) is 0 Å². The Bertz CT molecular complexity index is 942. The molecule has 3 aromatic rings. The highest BCUT2D eigenvalue weighted by molar-refractivity contribution is 5.92. The number of nitrogens with zero attached hydrogens (tertiary/aromatic N) is 2. The molecule has 5 heteroatoms. The van der Waals surface area contributed by atoms with Crippen LogP contribution in [0.1, 0.15) is 43.8 Å². The number of carbonyl (C=O) groups excluding carboxylic acids is 1. The van der Waals surface area contributed by atoms with Gasteiger partial charge in [-0.2, -0.15) is 0 Å². The van der Waals surface area contributed by atoms with E-state index in [1.807, 2.05) is 48.5 Å². The molecule has 0 saturated heterocycles. The van der Waals surface area contributed by atoms with Crippen LogP contribution in [0.5, 0.6) is 5.75 Å². The SMILES string of the molecule is COc1cccc(NC(=O)Cn2c(C3CCCCC3)nc3ccccc32)c1. The van der Waals surface area contributed by atoms with Gasteiger partial charge in [-0.3, -0.25) is 4.79 Å². The molecule has 5 nitrogen and oxygen atoms in total. The Balaban J connectivity index is 1.60. The van der Waals surface area contributed by atoms with E-state index in [9.17, 15) is 4.79 Å². The predicted octanol–water partition coefficient (Wildman–Crippen LogP) is 4.73. The Morgan fingerprint density at radius 3 is 2.78 bits per heavy atom. The number of ether oxygens (including phenoxy) is 1. The van der Waals surface area contributed by atoms with Crippen molar-refractivity contribution in [2.24, 2.45) is 0 Å². The summed E-state index contributed by atoms with van der Waals surface area (Å²) >= 11 is 0. The van der Waals surface area contributed by atoms with Crippen molar-refractivity contribution in [3.8, 4) is 5.75 Å². The van der Waals surface area contributed by atoms with Crippen molar-refractivity contribution in [2.45, 2.75) is 44.6 Å². The minimum atomic E-state index is -0.0523. The van der Waals surface area contributed by atoms with Gasteiger partial charge in [0.2, 0.25) is 5.91 Å². The van der Waals surface area contributed by atoms with Gasteiger partial charge in [0, 0.05) is 17.7 Å². The molecule has 0 unspecified atom stereocenters. The van der Waals surface area contributed by atoms with E-state index in [1.165, 1.54) is 19.3 Å². The first-order chi connectivity index (χ1) is 13.2. The van der Waals surface area contributed by atoms with Crippen LogP contribution in [-0.2, 0) is 11.3 Å². The third kappa shape index (κ3) is 3.82. The molecular formula is C22H25N3O2. The quantitative estimate of drug-likeness (QED) is 0.713. The van der Waals surface area contributed by atoms with Crippen LogP contribution in [0.4, 0.5) is 5.69 Å². The third-order valence-corrected chi connectivity index (χ3v) is 5.31. The Morgan fingerprint density at radius 2 is 1.96 bits per heavy atom. The fourth-order valence-corrected chi connectivity index (χ4v) is 3.98. The summed E-state index contributed by atoms with van der Waals surface area (Å²) in [5.74, 6) is 2.17. The Hall–Kier alpha value is -2.82. The van der Waals surface area contributed by atoms with Crippen LogP contribution in [0.3, 0.4) is 0 Å². The average Bonchev–Trinajstić information content (AvgIpc) is 3.07. The first-order valence-corrected chi connectivity index (χ1v) is 9.63. The number of methoxy groups -OCH3 is 1. The largest absolute Gasteiger partial charge is 0.497 e. The summed E-state index contributed by atoms with van der Waals surface area (Å²) < 4.78 is 7.33. The first kappa shape index (κ1) is 17.6. The predicted molar refractivity (Wildman–Crippen MR) is 107 cm³/mol. The molecule has 4 rings (SSSR count). The molecular weight excluding hydrogens is 338 g/mol. The molecule has 0 aliphatic heterocycles. The normalized spacial score (nSPS) is 15.0. The number of nitrogens with one attached hydrogen (secondary N) is 1. The number of carbonyl (C=O) groups is 1.